The second-order valence-electron chi connectivity index (χ2n) is 7.66. The zero-order valence-corrected chi connectivity index (χ0v) is 18.3. The minimum absolute atomic E-state index is 0.355. The molecular formula is C26H36O3. The molecule has 0 spiro atoms. The normalized spacial score (nSPS) is 10.7. The van der Waals surface area contributed by atoms with Crippen molar-refractivity contribution in [3.8, 4) is 11.5 Å². The summed E-state index contributed by atoms with van der Waals surface area (Å²) in [7, 11) is 0. The van der Waals surface area contributed by atoms with Crippen LogP contribution in [0, 0.1) is 6.92 Å². The molecule has 3 nitrogen and oxygen atoms in total. The van der Waals surface area contributed by atoms with Crippen LogP contribution >= 0.6 is 0 Å². The topological polar surface area (TPSA) is 35.5 Å². The molecule has 3 heteroatoms. The number of carbonyl (C=O) groups is 1. The summed E-state index contributed by atoms with van der Waals surface area (Å²) in [6, 6.07) is 13.3. The summed E-state index contributed by atoms with van der Waals surface area (Å²) in [5.41, 5.74) is 2.77. The fraction of sp³-hybridized carbons (Fsp3) is 0.500. The zero-order valence-electron chi connectivity index (χ0n) is 18.3. The van der Waals surface area contributed by atoms with Gasteiger partial charge in [-0.25, -0.2) is 4.79 Å². The predicted octanol–water partition coefficient (Wildman–Crippen LogP) is 7.30. The summed E-state index contributed by atoms with van der Waals surface area (Å²) >= 11 is 0. The van der Waals surface area contributed by atoms with E-state index in [-0.39, 0.29) is 5.97 Å². The maximum absolute atomic E-state index is 12.9. The van der Waals surface area contributed by atoms with Gasteiger partial charge in [-0.05, 0) is 55.5 Å². The third-order valence-corrected chi connectivity index (χ3v) is 5.21. The highest BCUT2D eigenvalue weighted by atomic mass is 16.5. The first-order chi connectivity index (χ1) is 14.2. The Morgan fingerprint density at radius 3 is 2.28 bits per heavy atom. The van der Waals surface area contributed by atoms with Crippen molar-refractivity contribution < 1.29 is 14.3 Å². The molecule has 0 aliphatic carbocycles. The average molecular weight is 397 g/mol. The van der Waals surface area contributed by atoms with E-state index in [0.717, 1.165) is 43.2 Å². The second-order valence-corrected chi connectivity index (χ2v) is 7.66. The number of esters is 1. The Hall–Kier alpha value is -2.29. The van der Waals surface area contributed by atoms with Gasteiger partial charge in [-0.2, -0.15) is 0 Å². The third kappa shape index (κ3) is 7.56. The van der Waals surface area contributed by atoms with Crippen molar-refractivity contribution in [1.82, 2.24) is 0 Å². The smallest absolute Gasteiger partial charge is 0.347 e. The molecule has 158 valence electrons. The first-order valence-electron chi connectivity index (χ1n) is 11.2. The first kappa shape index (κ1) is 23.0. The van der Waals surface area contributed by atoms with Crippen LogP contribution in [0.4, 0.5) is 0 Å². The Morgan fingerprint density at radius 1 is 0.793 bits per heavy atom. The Labute approximate surface area is 176 Å². The van der Waals surface area contributed by atoms with Gasteiger partial charge in [0, 0.05) is 0 Å². The molecule has 0 amide bonds. The number of rotatable bonds is 13. The van der Waals surface area contributed by atoms with Gasteiger partial charge in [-0.3, -0.25) is 0 Å². The fourth-order valence-electron chi connectivity index (χ4n) is 3.43. The number of aryl methyl sites for hydroxylation is 1. The van der Waals surface area contributed by atoms with Crippen LogP contribution in [0.25, 0.3) is 0 Å². The van der Waals surface area contributed by atoms with E-state index in [0.29, 0.717) is 23.7 Å². The molecule has 2 aromatic carbocycles. The highest BCUT2D eigenvalue weighted by molar-refractivity contribution is 5.94. The van der Waals surface area contributed by atoms with E-state index in [9.17, 15) is 4.79 Å². The number of hydrogen-bond acceptors (Lipinski definition) is 3. The van der Waals surface area contributed by atoms with Gasteiger partial charge >= 0.3 is 5.97 Å². The highest BCUT2D eigenvalue weighted by Crippen LogP contribution is 2.27. The summed E-state index contributed by atoms with van der Waals surface area (Å²) in [4.78, 5) is 12.9. The van der Waals surface area contributed by atoms with Crippen molar-refractivity contribution in [3.63, 3.8) is 0 Å². The van der Waals surface area contributed by atoms with Crippen LogP contribution in [0.15, 0.2) is 42.5 Å². The molecule has 0 fully saturated rings. The lowest BCUT2D eigenvalue weighted by molar-refractivity contribution is 0.0728. The van der Waals surface area contributed by atoms with Gasteiger partial charge in [-0.15, -0.1) is 0 Å². The van der Waals surface area contributed by atoms with Crippen molar-refractivity contribution in [1.29, 1.82) is 0 Å². The minimum atomic E-state index is -0.355. The predicted molar refractivity (Wildman–Crippen MR) is 120 cm³/mol. The van der Waals surface area contributed by atoms with Crippen LogP contribution < -0.4 is 9.47 Å². The van der Waals surface area contributed by atoms with Gasteiger partial charge in [0.05, 0.1) is 6.61 Å². The van der Waals surface area contributed by atoms with Gasteiger partial charge in [0.1, 0.15) is 17.1 Å². The van der Waals surface area contributed by atoms with Crippen LogP contribution in [0.2, 0.25) is 0 Å². The molecule has 0 atom stereocenters. The number of ether oxygens (including phenoxy) is 2. The molecule has 0 aliphatic heterocycles. The van der Waals surface area contributed by atoms with Crippen molar-refractivity contribution in [2.24, 2.45) is 0 Å². The molecule has 0 unspecified atom stereocenters. The van der Waals surface area contributed by atoms with Crippen molar-refractivity contribution >= 4 is 5.97 Å². The lowest BCUT2D eigenvalue weighted by Gasteiger charge is -2.14. The molecule has 2 aromatic rings. The summed E-state index contributed by atoms with van der Waals surface area (Å²) in [6.45, 7) is 7.09. The summed E-state index contributed by atoms with van der Waals surface area (Å²) in [6.07, 6.45) is 10.4. The Balaban J connectivity index is 1.99. The van der Waals surface area contributed by atoms with Gasteiger partial charge in [-0.1, -0.05) is 76.6 Å². The zero-order chi connectivity index (χ0) is 20.9. The Morgan fingerprint density at radius 2 is 1.48 bits per heavy atom. The number of hydrogen-bond donors (Lipinski definition) is 0. The van der Waals surface area contributed by atoms with Crippen LogP contribution in [0.1, 0.15) is 86.7 Å². The first-order valence-corrected chi connectivity index (χ1v) is 11.2. The lowest BCUT2D eigenvalue weighted by atomic mass is 10.0. The molecule has 29 heavy (non-hydrogen) atoms. The quantitative estimate of drug-likeness (QED) is 0.202. The fourth-order valence-corrected chi connectivity index (χ4v) is 3.43. The van der Waals surface area contributed by atoms with Crippen molar-refractivity contribution in [3.05, 3.63) is 59.2 Å². The van der Waals surface area contributed by atoms with Crippen LogP contribution in [-0.2, 0) is 6.42 Å². The summed E-state index contributed by atoms with van der Waals surface area (Å²) < 4.78 is 11.7. The molecule has 2 rings (SSSR count). The molecule has 0 saturated heterocycles. The van der Waals surface area contributed by atoms with Crippen LogP contribution in [0.3, 0.4) is 0 Å². The number of para-hydroxylation sites is 1. The summed E-state index contributed by atoms with van der Waals surface area (Å²) in [5.74, 6) is 0.912. The Bertz CT molecular complexity index is 751. The van der Waals surface area contributed by atoms with E-state index in [1.54, 1.807) is 6.07 Å². The average Bonchev–Trinajstić information content (AvgIpc) is 2.73. The SMILES string of the molecule is CCCCCCCCOc1ccccc1C(=O)Oc1cccc(C)c1CCCC. The van der Waals surface area contributed by atoms with E-state index in [4.69, 9.17) is 9.47 Å². The van der Waals surface area contributed by atoms with Crippen molar-refractivity contribution in [2.75, 3.05) is 6.61 Å². The largest absolute Gasteiger partial charge is 0.493 e. The standard InChI is InChI=1S/C26H36O3/c1-4-6-8-9-10-13-20-28-24-18-12-11-17-23(24)26(27)29-25-19-14-15-21(3)22(25)16-7-5-2/h11-12,14-15,17-19H,4-10,13,16,20H2,1-3H3. The van der Waals surface area contributed by atoms with Gasteiger partial charge < -0.3 is 9.47 Å². The second kappa shape index (κ2) is 13.0. The van der Waals surface area contributed by atoms with Gasteiger partial charge in [0.25, 0.3) is 0 Å². The molecule has 0 radical (unpaired) electrons. The van der Waals surface area contributed by atoms with Crippen molar-refractivity contribution in [2.45, 2.75) is 78.6 Å². The van der Waals surface area contributed by atoms with E-state index >= 15 is 0 Å². The lowest BCUT2D eigenvalue weighted by Crippen LogP contribution is -2.12. The van der Waals surface area contributed by atoms with Gasteiger partial charge in [0.2, 0.25) is 0 Å². The van der Waals surface area contributed by atoms with E-state index in [2.05, 4.69) is 26.8 Å². The minimum Gasteiger partial charge on any atom is -0.493 e. The monoisotopic (exact) mass is 396 g/mol. The number of unbranched alkanes of at least 4 members (excludes halogenated alkanes) is 6. The van der Waals surface area contributed by atoms with Crippen LogP contribution in [0.5, 0.6) is 11.5 Å². The van der Waals surface area contributed by atoms with Crippen LogP contribution in [-0.4, -0.2) is 12.6 Å². The molecule has 0 saturated carbocycles. The molecule has 0 heterocycles. The van der Waals surface area contributed by atoms with E-state index < -0.39 is 0 Å². The third-order valence-electron chi connectivity index (χ3n) is 5.21. The van der Waals surface area contributed by atoms with Gasteiger partial charge in [0.15, 0.2) is 0 Å². The maximum Gasteiger partial charge on any atom is 0.347 e. The van der Waals surface area contributed by atoms with E-state index in [1.807, 2.05) is 30.3 Å². The molecule has 0 aromatic heterocycles. The molecular weight excluding hydrogens is 360 g/mol. The number of carbonyl (C=O) groups excluding carboxylic acids is 1. The molecule has 0 bridgehead atoms. The molecule has 0 aliphatic rings. The van der Waals surface area contributed by atoms with E-state index in [1.165, 1.54) is 25.7 Å². The molecule has 0 N–H and O–H groups in total. The number of benzene rings is 2. The Kier molecular flexibility index (Phi) is 10.3. The summed E-state index contributed by atoms with van der Waals surface area (Å²) in [5, 5.41) is 0. The highest BCUT2D eigenvalue weighted by Gasteiger charge is 2.17. The maximum atomic E-state index is 12.9.